The van der Waals surface area contributed by atoms with Crippen molar-refractivity contribution in [2.45, 2.75) is 25.5 Å². The van der Waals surface area contributed by atoms with Gasteiger partial charge in [0.2, 0.25) is 5.91 Å². The molecule has 1 aliphatic carbocycles. The lowest BCUT2D eigenvalue weighted by molar-refractivity contribution is -0.120. The molecule has 1 aliphatic heterocycles. The molecule has 1 saturated carbocycles. The first kappa shape index (κ1) is 20.4. The Morgan fingerprint density at radius 3 is 2.12 bits per heavy atom. The number of anilines is 1. The van der Waals surface area contributed by atoms with E-state index in [2.05, 4.69) is 0 Å². The van der Waals surface area contributed by atoms with Crippen molar-refractivity contribution in [3.05, 3.63) is 83.2 Å². The molecule has 164 valence electrons. The molecule has 0 aromatic heterocycles. The predicted molar refractivity (Wildman–Crippen MR) is 119 cm³/mol. The van der Waals surface area contributed by atoms with E-state index in [1.54, 1.807) is 25.2 Å². The molecule has 0 saturated heterocycles. The van der Waals surface area contributed by atoms with Crippen molar-refractivity contribution in [1.29, 1.82) is 0 Å². The van der Waals surface area contributed by atoms with E-state index in [-0.39, 0.29) is 30.1 Å². The Morgan fingerprint density at radius 2 is 1.50 bits per heavy atom. The third kappa shape index (κ3) is 3.66. The van der Waals surface area contributed by atoms with Crippen molar-refractivity contribution >= 4 is 11.6 Å². The first-order valence-electron chi connectivity index (χ1n) is 10.6. The van der Waals surface area contributed by atoms with Gasteiger partial charge in [-0.3, -0.25) is 4.79 Å². The number of nitrogens with zero attached hydrogens (tertiary/aromatic N) is 1. The van der Waals surface area contributed by atoms with E-state index in [0.717, 1.165) is 34.6 Å². The molecule has 2 atom stereocenters. The molecule has 1 amide bonds. The van der Waals surface area contributed by atoms with Crippen molar-refractivity contribution in [3.63, 3.8) is 0 Å². The molecule has 5 rings (SSSR count). The summed E-state index contributed by atoms with van der Waals surface area (Å²) in [4.78, 5) is 14.6. The van der Waals surface area contributed by atoms with Crippen LogP contribution in [0.4, 0.5) is 10.1 Å². The van der Waals surface area contributed by atoms with Crippen LogP contribution in [-0.2, 0) is 17.9 Å². The quantitative estimate of drug-likeness (QED) is 0.522. The summed E-state index contributed by atoms with van der Waals surface area (Å²) in [5, 5.41) is 0. The Kier molecular flexibility index (Phi) is 5.21. The van der Waals surface area contributed by atoms with Gasteiger partial charge < -0.3 is 19.1 Å². The smallest absolute Gasteiger partial charge is 0.231 e. The average Bonchev–Trinajstić information content (AvgIpc) is 3.63. The Hall–Kier alpha value is -3.54. The summed E-state index contributed by atoms with van der Waals surface area (Å²) < 4.78 is 31.8. The number of methoxy groups -OCH3 is 2. The van der Waals surface area contributed by atoms with Crippen molar-refractivity contribution < 1.29 is 23.4 Å². The van der Waals surface area contributed by atoms with Gasteiger partial charge in [-0.15, -0.1) is 0 Å². The average molecular weight is 433 g/mol. The normalized spacial score (nSPS) is 18.6. The van der Waals surface area contributed by atoms with E-state index < -0.39 is 5.82 Å². The van der Waals surface area contributed by atoms with Gasteiger partial charge in [-0.05, 0) is 59.4 Å². The van der Waals surface area contributed by atoms with Crippen LogP contribution in [0.5, 0.6) is 17.2 Å². The second-order valence-electron chi connectivity index (χ2n) is 8.17. The topological polar surface area (TPSA) is 48.0 Å². The highest BCUT2D eigenvalue weighted by Crippen LogP contribution is 2.57. The minimum Gasteiger partial charge on any atom is -0.497 e. The van der Waals surface area contributed by atoms with Crippen molar-refractivity contribution in [2.24, 2.45) is 5.92 Å². The maximum Gasteiger partial charge on any atom is 0.231 e. The van der Waals surface area contributed by atoms with E-state index in [0.29, 0.717) is 12.2 Å². The number of benzene rings is 3. The van der Waals surface area contributed by atoms with E-state index in [9.17, 15) is 4.79 Å². The Labute approximate surface area is 186 Å². The number of hydrogen-bond donors (Lipinski definition) is 0. The monoisotopic (exact) mass is 433 g/mol. The van der Waals surface area contributed by atoms with Crippen LogP contribution in [0, 0.1) is 11.7 Å². The molecule has 0 spiro atoms. The number of carbonyl (C=O) groups excluding carboxylic acids is 1. The molecule has 6 heteroatoms. The molecule has 2 aliphatic rings. The molecule has 5 nitrogen and oxygen atoms in total. The number of amides is 1. The van der Waals surface area contributed by atoms with Crippen molar-refractivity contribution in [2.75, 3.05) is 19.1 Å². The molecule has 1 heterocycles. The number of ether oxygens (including phenoxy) is 3. The largest absolute Gasteiger partial charge is 0.497 e. The third-order valence-electron chi connectivity index (χ3n) is 6.21. The van der Waals surface area contributed by atoms with E-state index in [4.69, 9.17) is 14.2 Å². The summed E-state index contributed by atoms with van der Waals surface area (Å²) in [6, 6.07) is 18.5. The lowest BCUT2D eigenvalue weighted by Crippen LogP contribution is -2.36. The summed E-state index contributed by atoms with van der Waals surface area (Å²) in [6.45, 7) is 0.524. The molecular weight excluding hydrogens is 409 g/mol. The van der Waals surface area contributed by atoms with Crippen LogP contribution in [0.1, 0.15) is 29.0 Å². The second-order valence-corrected chi connectivity index (χ2v) is 8.17. The maximum absolute atomic E-state index is 15.7. The molecular formula is C26H24FNO4. The van der Waals surface area contributed by atoms with Gasteiger partial charge in [0, 0.05) is 5.92 Å². The lowest BCUT2D eigenvalue weighted by atomic mass is 9.99. The highest BCUT2D eigenvalue weighted by Gasteiger charge is 2.52. The van der Waals surface area contributed by atoms with Gasteiger partial charge in [0.25, 0.3) is 0 Å². The Bertz CT molecular complexity index is 1140. The van der Waals surface area contributed by atoms with Crippen LogP contribution < -0.4 is 19.1 Å². The van der Waals surface area contributed by atoms with Crippen LogP contribution in [-0.4, -0.2) is 20.1 Å². The fourth-order valence-corrected chi connectivity index (χ4v) is 4.32. The fraction of sp³-hybridized carbons (Fsp3) is 0.269. The number of carbonyl (C=O) groups is 1. The van der Waals surface area contributed by atoms with Crippen LogP contribution in [0.25, 0.3) is 0 Å². The molecule has 32 heavy (non-hydrogen) atoms. The summed E-state index contributed by atoms with van der Waals surface area (Å²) in [5.41, 5.74) is 3.04. The zero-order chi connectivity index (χ0) is 22.2. The van der Waals surface area contributed by atoms with Gasteiger partial charge in [-0.1, -0.05) is 30.3 Å². The van der Waals surface area contributed by atoms with Crippen molar-refractivity contribution in [3.8, 4) is 17.2 Å². The fourth-order valence-electron chi connectivity index (χ4n) is 4.32. The SMILES string of the molecule is COc1ccc(COc2ccc3c(c2F)N(Cc2ccc(OC)cc2)C(=O)C2CC32)cc1. The minimum absolute atomic E-state index is 0.0236. The van der Waals surface area contributed by atoms with Crippen molar-refractivity contribution in [1.82, 2.24) is 0 Å². The maximum atomic E-state index is 15.7. The highest BCUT2D eigenvalue weighted by molar-refractivity contribution is 6.01. The zero-order valence-electron chi connectivity index (χ0n) is 18.0. The first-order valence-corrected chi connectivity index (χ1v) is 10.6. The number of halogens is 1. The van der Waals surface area contributed by atoms with Gasteiger partial charge in [-0.25, -0.2) is 4.39 Å². The van der Waals surface area contributed by atoms with Crippen LogP contribution in [0.2, 0.25) is 0 Å². The van der Waals surface area contributed by atoms with Gasteiger partial charge in [0.05, 0.1) is 26.5 Å². The molecule has 2 unspecified atom stereocenters. The summed E-state index contributed by atoms with van der Waals surface area (Å²) in [5.74, 6) is 1.18. The van der Waals surface area contributed by atoms with E-state index in [1.807, 2.05) is 54.6 Å². The Balaban J connectivity index is 1.42. The number of hydrogen-bond acceptors (Lipinski definition) is 4. The molecule has 1 fully saturated rings. The predicted octanol–water partition coefficient (Wildman–Crippen LogP) is 5.07. The summed E-state index contributed by atoms with van der Waals surface area (Å²) >= 11 is 0. The van der Waals surface area contributed by atoms with E-state index >= 15 is 4.39 Å². The molecule has 3 aromatic rings. The van der Waals surface area contributed by atoms with Gasteiger partial charge in [0.1, 0.15) is 18.1 Å². The lowest BCUT2D eigenvalue weighted by Gasteiger charge is -2.30. The zero-order valence-corrected chi connectivity index (χ0v) is 18.0. The second kappa shape index (κ2) is 8.19. The molecule has 3 aromatic carbocycles. The standard InChI is InChI=1S/C26H24FNO4/c1-30-18-7-3-16(4-8-18)14-28-25-20(21-13-22(21)26(28)29)11-12-23(24(25)27)32-15-17-5-9-19(31-2)10-6-17/h3-12,21-22H,13-15H2,1-2H3. The first-order chi connectivity index (χ1) is 15.6. The molecule has 0 bridgehead atoms. The number of fused-ring (bicyclic) bond motifs is 3. The van der Waals surface area contributed by atoms with Crippen LogP contribution in [0.3, 0.4) is 0 Å². The molecule has 0 N–H and O–H groups in total. The summed E-state index contributed by atoms with van der Waals surface area (Å²) in [7, 11) is 3.22. The highest BCUT2D eigenvalue weighted by atomic mass is 19.1. The van der Waals surface area contributed by atoms with Crippen LogP contribution >= 0.6 is 0 Å². The van der Waals surface area contributed by atoms with Gasteiger partial charge in [-0.2, -0.15) is 0 Å². The van der Waals surface area contributed by atoms with Gasteiger partial charge in [0.15, 0.2) is 11.6 Å². The van der Waals surface area contributed by atoms with E-state index in [1.165, 1.54) is 0 Å². The Morgan fingerprint density at radius 1 is 0.875 bits per heavy atom. The van der Waals surface area contributed by atoms with Crippen LogP contribution in [0.15, 0.2) is 60.7 Å². The minimum atomic E-state index is -0.483. The summed E-state index contributed by atoms with van der Waals surface area (Å²) in [6.07, 6.45) is 0.774. The van der Waals surface area contributed by atoms with Gasteiger partial charge >= 0.3 is 0 Å². The third-order valence-corrected chi connectivity index (χ3v) is 6.21. The molecule has 0 radical (unpaired) electrons. The number of rotatable bonds is 7.